The minimum Gasteiger partial charge on any atom is -0.490 e. The van der Waals surface area contributed by atoms with Gasteiger partial charge in [-0.15, -0.1) is 0 Å². The smallest absolute Gasteiger partial charge is 0.251 e. The molecule has 0 saturated carbocycles. The van der Waals surface area contributed by atoms with Crippen LogP contribution in [0.1, 0.15) is 30.6 Å². The molecule has 0 atom stereocenters. The molecule has 0 saturated heterocycles. The standard InChI is InChI=1S/C16H23NO3/c1-4-11-20-14-7-5-13(6-8-14)15(19)17-12-16(2,3)9-10-18/h4-8,18H,1,9-12H2,2-3H3,(H,17,19). The van der Waals surface area contributed by atoms with Gasteiger partial charge in [-0.3, -0.25) is 4.79 Å². The third-order valence-electron chi connectivity index (χ3n) is 3.00. The second-order valence-corrected chi connectivity index (χ2v) is 5.44. The predicted molar refractivity (Wildman–Crippen MR) is 80.0 cm³/mol. The highest BCUT2D eigenvalue weighted by molar-refractivity contribution is 5.94. The van der Waals surface area contributed by atoms with Crippen LogP contribution in [0.2, 0.25) is 0 Å². The molecule has 1 rings (SSSR count). The topological polar surface area (TPSA) is 58.6 Å². The van der Waals surface area contributed by atoms with E-state index in [-0.39, 0.29) is 17.9 Å². The van der Waals surface area contributed by atoms with Crippen LogP contribution in [0.15, 0.2) is 36.9 Å². The van der Waals surface area contributed by atoms with Crippen LogP contribution in [0, 0.1) is 5.41 Å². The lowest BCUT2D eigenvalue weighted by Gasteiger charge is -2.23. The Morgan fingerprint density at radius 2 is 2.05 bits per heavy atom. The molecule has 0 aliphatic carbocycles. The van der Waals surface area contributed by atoms with Crippen molar-refractivity contribution < 1.29 is 14.6 Å². The summed E-state index contributed by atoms with van der Waals surface area (Å²) in [4.78, 5) is 12.0. The van der Waals surface area contributed by atoms with E-state index in [0.717, 1.165) is 0 Å². The SMILES string of the molecule is C=CCOc1ccc(C(=O)NCC(C)(C)CCO)cc1. The zero-order valence-electron chi connectivity index (χ0n) is 12.2. The van der Waals surface area contributed by atoms with Crippen LogP contribution in [-0.4, -0.2) is 30.8 Å². The second kappa shape index (κ2) is 7.70. The lowest BCUT2D eigenvalue weighted by atomic mass is 9.89. The Kier molecular flexibility index (Phi) is 6.25. The van der Waals surface area contributed by atoms with Gasteiger partial charge in [-0.1, -0.05) is 26.5 Å². The average Bonchev–Trinajstić information content (AvgIpc) is 2.43. The van der Waals surface area contributed by atoms with E-state index in [1.807, 2.05) is 13.8 Å². The van der Waals surface area contributed by atoms with Crippen molar-refractivity contribution >= 4 is 5.91 Å². The highest BCUT2D eigenvalue weighted by Crippen LogP contribution is 2.18. The van der Waals surface area contributed by atoms with Crippen LogP contribution < -0.4 is 10.1 Å². The number of aliphatic hydroxyl groups excluding tert-OH is 1. The molecular weight excluding hydrogens is 254 g/mol. The van der Waals surface area contributed by atoms with Gasteiger partial charge in [-0.2, -0.15) is 0 Å². The number of carbonyl (C=O) groups is 1. The van der Waals surface area contributed by atoms with Gasteiger partial charge in [0.05, 0.1) is 0 Å². The number of hydrogen-bond acceptors (Lipinski definition) is 3. The molecule has 4 nitrogen and oxygen atoms in total. The van der Waals surface area contributed by atoms with Gasteiger partial charge in [-0.25, -0.2) is 0 Å². The Bertz CT molecular complexity index is 438. The van der Waals surface area contributed by atoms with Crippen LogP contribution in [0.4, 0.5) is 0 Å². The molecule has 4 heteroatoms. The van der Waals surface area contributed by atoms with E-state index in [4.69, 9.17) is 9.84 Å². The van der Waals surface area contributed by atoms with Crippen molar-refractivity contribution in [2.24, 2.45) is 5.41 Å². The predicted octanol–water partition coefficient (Wildman–Crippen LogP) is 2.39. The zero-order valence-corrected chi connectivity index (χ0v) is 12.2. The molecule has 20 heavy (non-hydrogen) atoms. The molecule has 0 radical (unpaired) electrons. The van der Waals surface area contributed by atoms with Gasteiger partial charge >= 0.3 is 0 Å². The average molecular weight is 277 g/mol. The minimum atomic E-state index is -0.119. The van der Waals surface area contributed by atoms with Crippen molar-refractivity contribution in [3.63, 3.8) is 0 Å². The summed E-state index contributed by atoms with van der Waals surface area (Å²) in [6.07, 6.45) is 2.32. The van der Waals surface area contributed by atoms with Gasteiger partial charge in [0.15, 0.2) is 0 Å². The molecule has 110 valence electrons. The Balaban J connectivity index is 2.53. The first-order chi connectivity index (χ1) is 9.48. The molecule has 0 unspecified atom stereocenters. The van der Waals surface area contributed by atoms with E-state index in [1.165, 1.54) is 0 Å². The summed E-state index contributed by atoms with van der Waals surface area (Å²) in [5.74, 6) is 0.591. The van der Waals surface area contributed by atoms with E-state index < -0.39 is 0 Å². The maximum absolute atomic E-state index is 12.0. The normalized spacial score (nSPS) is 10.9. The fraction of sp³-hybridized carbons (Fsp3) is 0.438. The summed E-state index contributed by atoms with van der Waals surface area (Å²) in [5, 5.41) is 11.8. The summed E-state index contributed by atoms with van der Waals surface area (Å²) in [5.41, 5.74) is 0.480. The molecule has 0 spiro atoms. The van der Waals surface area contributed by atoms with Gasteiger partial charge < -0.3 is 15.2 Å². The number of aliphatic hydroxyl groups is 1. The van der Waals surface area contributed by atoms with Gasteiger partial charge in [0.1, 0.15) is 12.4 Å². The van der Waals surface area contributed by atoms with Crippen molar-refractivity contribution in [2.75, 3.05) is 19.8 Å². The van der Waals surface area contributed by atoms with Crippen LogP contribution >= 0.6 is 0 Å². The quantitative estimate of drug-likeness (QED) is 0.717. The number of benzene rings is 1. The van der Waals surface area contributed by atoms with E-state index in [9.17, 15) is 4.79 Å². The summed E-state index contributed by atoms with van der Waals surface area (Å²) < 4.78 is 5.36. The van der Waals surface area contributed by atoms with Gasteiger partial charge in [0, 0.05) is 18.7 Å². The highest BCUT2D eigenvalue weighted by atomic mass is 16.5. The molecule has 0 fully saturated rings. The van der Waals surface area contributed by atoms with Crippen molar-refractivity contribution in [1.82, 2.24) is 5.32 Å². The summed E-state index contributed by atoms with van der Waals surface area (Å²) >= 11 is 0. The molecule has 1 aromatic carbocycles. The molecule has 0 aliphatic heterocycles. The lowest BCUT2D eigenvalue weighted by Crippen LogP contribution is -2.34. The third-order valence-corrected chi connectivity index (χ3v) is 3.00. The Hall–Kier alpha value is -1.81. The number of rotatable bonds is 8. The first kappa shape index (κ1) is 16.2. The molecule has 0 aliphatic rings. The Morgan fingerprint density at radius 1 is 1.40 bits per heavy atom. The van der Waals surface area contributed by atoms with Crippen LogP contribution in [0.3, 0.4) is 0 Å². The fourth-order valence-electron chi connectivity index (χ4n) is 1.67. The largest absolute Gasteiger partial charge is 0.490 e. The fourth-order valence-corrected chi connectivity index (χ4v) is 1.67. The zero-order chi connectivity index (χ0) is 15.0. The molecular formula is C16H23NO3. The van der Waals surface area contributed by atoms with E-state index in [2.05, 4.69) is 11.9 Å². The first-order valence-electron chi connectivity index (χ1n) is 6.71. The van der Waals surface area contributed by atoms with E-state index in [0.29, 0.717) is 30.9 Å². The van der Waals surface area contributed by atoms with E-state index in [1.54, 1.807) is 30.3 Å². The summed E-state index contributed by atoms with van der Waals surface area (Å²) in [6.45, 7) is 8.69. The van der Waals surface area contributed by atoms with Crippen molar-refractivity contribution in [2.45, 2.75) is 20.3 Å². The van der Waals surface area contributed by atoms with Crippen LogP contribution in [-0.2, 0) is 0 Å². The Labute approximate surface area is 120 Å². The lowest BCUT2D eigenvalue weighted by molar-refractivity contribution is 0.0928. The molecule has 1 aromatic rings. The molecule has 0 aromatic heterocycles. The van der Waals surface area contributed by atoms with Crippen molar-refractivity contribution in [3.05, 3.63) is 42.5 Å². The van der Waals surface area contributed by atoms with Crippen LogP contribution in [0.25, 0.3) is 0 Å². The molecule has 0 bridgehead atoms. The number of hydrogen-bond donors (Lipinski definition) is 2. The summed E-state index contributed by atoms with van der Waals surface area (Å²) in [6, 6.07) is 6.98. The van der Waals surface area contributed by atoms with Crippen molar-refractivity contribution in [1.29, 1.82) is 0 Å². The highest BCUT2D eigenvalue weighted by Gasteiger charge is 2.18. The van der Waals surface area contributed by atoms with Gasteiger partial charge in [0.2, 0.25) is 0 Å². The number of nitrogens with one attached hydrogen (secondary N) is 1. The van der Waals surface area contributed by atoms with Crippen LogP contribution in [0.5, 0.6) is 5.75 Å². The molecule has 0 heterocycles. The number of carbonyl (C=O) groups excluding carboxylic acids is 1. The minimum absolute atomic E-state index is 0.114. The van der Waals surface area contributed by atoms with Gasteiger partial charge in [0.25, 0.3) is 5.91 Å². The molecule has 2 N–H and O–H groups in total. The maximum atomic E-state index is 12.0. The Morgan fingerprint density at radius 3 is 2.60 bits per heavy atom. The van der Waals surface area contributed by atoms with Crippen molar-refractivity contribution in [3.8, 4) is 5.75 Å². The first-order valence-corrected chi connectivity index (χ1v) is 6.71. The second-order valence-electron chi connectivity index (χ2n) is 5.44. The maximum Gasteiger partial charge on any atom is 0.251 e. The number of ether oxygens (including phenoxy) is 1. The monoisotopic (exact) mass is 277 g/mol. The number of amides is 1. The van der Waals surface area contributed by atoms with E-state index >= 15 is 0 Å². The van der Waals surface area contributed by atoms with Gasteiger partial charge in [-0.05, 0) is 36.1 Å². The summed E-state index contributed by atoms with van der Waals surface area (Å²) in [7, 11) is 0. The third kappa shape index (κ3) is 5.45. The molecule has 1 amide bonds.